The van der Waals surface area contributed by atoms with Gasteiger partial charge in [-0.1, -0.05) is 37.3 Å². The molecule has 2 aromatic rings. The molecule has 0 saturated heterocycles. The van der Waals surface area contributed by atoms with Gasteiger partial charge in [0.25, 0.3) is 5.22 Å². The van der Waals surface area contributed by atoms with Gasteiger partial charge in [0.1, 0.15) is 5.60 Å². The molecule has 6 rings (SSSR count). The highest BCUT2D eigenvalue weighted by molar-refractivity contribution is 7.99. The summed E-state index contributed by atoms with van der Waals surface area (Å²) in [5.41, 5.74) is -0.199. The van der Waals surface area contributed by atoms with E-state index in [2.05, 4.69) is 23.8 Å². The maximum absolute atomic E-state index is 14.2. The molecule has 0 aromatic carbocycles. The van der Waals surface area contributed by atoms with E-state index in [1.54, 1.807) is 44.3 Å². The first kappa shape index (κ1) is 26.9. The number of aromatic nitrogens is 2. The minimum Gasteiger partial charge on any atom is -0.430 e. The molecule has 0 aliphatic heterocycles. The molecule has 4 aliphatic carbocycles. The van der Waals surface area contributed by atoms with Crippen molar-refractivity contribution in [3.63, 3.8) is 0 Å². The predicted octanol–water partition coefficient (Wildman–Crippen LogP) is 4.65. The van der Waals surface area contributed by atoms with E-state index in [0.717, 1.165) is 24.8 Å². The Morgan fingerprint density at radius 1 is 1.31 bits per heavy atom. The third-order valence-corrected chi connectivity index (χ3v) is 10.8. The van der Waals surface area contributed by atoms with Gasteiger partial charge in [0, 0.05) is 22.9 Å². The first-order valence-corrected chi connectivity index (χ1v) is 14.8. The van der Waals surface area contributed by atoms with E-state index in [-0.39, 0.29) is 40.5 Å². The molecule has 7 atom stereocenters. The fourth-order valence-corrected chi connectivity index (χ4v) is 9.26. The van der Waals surface area contributed by atoms with Crippen LogP contribution in [0.25, 0.3) is 11.2 Å². The number of pyridine rings is 1. The summed E-state index contributed by atoms with van der Waals surface area (Å²) in [4.78, 5) is 34.9. The molecule has 2 aromatic heterocycles. The number of hydrogen-bond donors (Lipinski definition) is 2. The zero-order chi connectivity index (χ0) is 27.8. The van der Waals surface area contributed by atoms with E-state index in [4.69, 9.17) is 9.15 Å². The number of ketones is 2. The van der Waals surface area contributed by atoms with Gasteiger partial charge in [0.2, 0.25) is 0 Å². The molecular formula is C30H36N2O6S. The summed E-state index contributed by atoms with van der Waals surface area (Å²) in [6.45, 7) is 7.32. The molecule has 8 nitrogen and oxygen atoms in total. The van der Waals surface area contributed by atoms with E-state index in [9.17, 15) is 19.8 Å². The zero-order valence-corrected chi connectivity index (χ0v) is 23.7. The number of hydrogen-bond acceptors (Lipinski definition) is 9. The lowest BCUT2D eigenvalue weighted by Gasteiger charge is -2.60. The highest BCUT2D eigenvalue weighted by atomic mass is 32.2. The van der Waals surface area contributed by atoms with Crippen LogP contribution in [0.2, 0.25) is 0 Å². The van der Waals surface area contributed by atoms with Crippen molar-refractivity contribution >= 4 is 34.6 Å². The second-order valence-corrected chi connectivity index (χ2v) is 13.6. The van der Waals surface area contributed by atoms with Crippen molar-refractivity contribution in [1.29, 1.82) is 0 Å². The van der Waals surface area contributed by atoms with Crippen molar-refractivity contribution in [3.8, 4) is 0 Å². The number of ether oxygens (including phenoxy) is 1. The van der Waals surface area contributed by atoms with E-state index in [1.807, 2.05) is 6.08 Å². The average Bonchev–Trinajstić information content (AvgIpc) is 3.40. The lowest BCUT2D eigenvalue weighted by molar-refractivity contribution is -0.276. The minimum atomic E-state index is -1.54. The van der Waals surface area contributed by atoms with Crippen molar-refractivity contribution in [2.24, 2.45) is 28.6 Å². The molecule has 4 aliphatic rings. The molecule has 9 heteroatoms. The van der Waals surface area contributed by atoms with Crippen molar-refractivity contribution < 1.29 is 29.0 Å². The van der Waals surface area contributed by atoms with Gasteiger partial charge < -0.3 is 19.4 Å². The number of carbonyl (C=O) groups is 2. The van der Waals surface area contributed by atoms with E-state index < -0.39 is 22.9 Å². The first-order valence-electron chi connectivity index (χ1n) is 13.8. The van der Waals surface area contributed by atoms with Crippen LogP contribution in [0.1, 0.15) is 59.8 Å². The Bertz CT molecular complexity index is 1360. The number of rotatable bonds is 6. The van der Waals surface area contributed by atoms with E-state index in [0.29, 0.717) is 29.3 Å². The number of thioether (sulfide) groups is 1. The number of aliphatic hydroxyl groups is 2. The number of nitrogens with zero attached hydrogens (tertiary/aromatic N) is 2. The third kappa shape index (κ3) is 4.15. The van der Waals surface area contributed by atoms with Crippen LogP contribution >= 0.6 is 11.8 Å². The number of aliphatic hydroxyl groups excluding tert-OH is 1. The molecule has 208 valence electrons. The van der Waals surface area contributed by atoms with Crippen molar-refractivity contribution in [3.05, 3.63) is 42.1 Å². The molecule has 0 spiro atoms. The van der Waals surface area contributed by atoms with Crippen LogP contribution in [0.5, 0.6) is 0 Å². The van der Waals surface area contributed by atoms with Crippen LogP contribution in [0.3, 0.4) is 0 Å². The Kier molecular flexibility index (Phi) is 6.26. The molecule has 2 N–H and O–H groups in total. The van der Waals surface area contributed by atoms with Crippen molar-refractivity contribution in [2.45, 2.75) is 82.5 Å². The summed E-state index contributed by atoms with van der Waals surface area (Å²) in [5.74, 6) is -1.37. The number of oxazole rings is 1. The normalized spacial score (nSPS) is 37.8. The molecule has 2 heterocycles. The van der Waals surface area contributed by atoms with Gasteiger partial charge in [-0.15, -0.1) is 0 Å². The standard InChI is InChI=1S/C30H36N2O6S/c1-27(2,36)38-30(23(35)16-39-26-32-25-22(37-26)6-5-13-31-25)12-10-20-19-8-7-17-14-18(33)9-11-28(17,3)24(19)21(34)15-29(20,30)4/h5-6,9,11,13-14,19-21,24,34,36H,7-8,10,12,15-16H2,1-4H3/t19?,20?,21-,24?,28?,29?,30-/m0/s1. The van der Waals surface area contributed by atoms with Crippen LogP contribution in [-0.2, 0) is 14.3 Å². The Morgan fingerprint density at radius 3 is 2.85 bits per heavy atom. The van der Waals surface area contributed by atoms with Gasteiger partial charge in [0.15, 0.2) is 28.6 Å². The van der Waals surface area contributed by atoms with Gasteiger partial charge in [-0.25, -0.2) is 4.98 Å². The topological polar surface area (TPSA) is 123 Å². The van der Waals surface area contributed by atoms with Crippen LogP contribution < -0.4 is 0 Å². The highest BCUT2D eigenvalue weighted by Crippen LogP contribution is 2.68. The molecule has 0 bridgehead atoms. The van der Waals surface area contributed by atoms with Gasteiger partial charge in [-0.3, -0.25) is 9.59 Å². The summed E-state index contributed by atoms with van der Waals surface area (Å²) >= 11 is 1.20. The maximum atomic E-state index is 14.2. The third-order valence-electron chi connectivity index (χ3n) is 9.96. The highest BCUT2D eigenvalue weighted by Gasteiger charge is 2.69. The average molecular weight is 553 g/mol. The monoisotopic (exact) mass is 552 g/mol. The largest absolute Gasteiger partial charge is 0.430 e. The fourth-order valence-electron chi connectivity index (χ4n) is 8.48. The second kappa shape index (κ2) is 9.09. The minimum absolute atomic E-state index is 0.00680. The van der Waals surface area contributed by atoms with E-state index in [1.165, 1.54) is 11.8 Å². The van der Waals surface area contributed by atoms with Gasteiger partial charge in [-0.05, 0) is 82.1 Å². The zero-order valence-electron chi connectivity index (χ0n) is 22.8. The smallest absolute Gasteiger partial charge is 0.258 e. The Labute approximate surface area is 232 Å². The number of fused-ring (bicyclic) bond motifs is 6. The Balaban J connectivity index is 1.32. The summed E-state index contributed by atoms with van der Waals surface area (Å²) in [6.07, 6.45) is 9.57. The number of allylic oxidation sites excluding steroid dienone is 4. The maximum Gasteiger partial charge on any atom is 0.258 e. The van der Waals surface area contributed by atoms with Gasteiger partial charge in [-0.2, -0.15) is 4.98 Å². The lowest BCUT2D eigenvalue weighted by atomic mass is 9.46. The molecule has 0 amide bonds. The molecule has 3 saturated carbocycles. The van der Waals surface area contributed by atoms with Crippen LogP contribution in [0.4, 0.5) is 0 Å². The SMILES string of the molecule is CC(C)(O)O[C@]1(C(=O)CSc2nc3ncccc3o2)CCC2C3CCC4=CC(=O)C=CC4(C)C3[C@@H](O)CC21C. The molecular weight excluding hydrogens is 516 g/mol. The lowest BCUT2D eigenvalue weighted by Crippen LogP contribution is -2.63. The summed E-state index contributed by atoms with van der Waals surface area (Å²) < 4.78 is 12.2. The second-order valence-electron chi connectivity index (χ2n) is 12.6. The quantitative estimate of drug-likeness (QED) is 0.389. The van der Waals surface area contributed by atoms with Crippen LogP contribution in [0, 0.1) is 28.6 Å². The molecule has 5 unspecified atom stereocenters. The summed E-state index contributed by atoms with van der Waals surface area (Å²) in [6, 6.07) is 3.55. The fraction of sp³-hybridized carbons (Fsp3) is 0.600. The van der Waals surface area contributed by atoms with Crippen LogP contribution in [0.15, 0.2) is 51.8 Å². The summed E-state index contributed by atoms with van der Waals surface area (Å²) in [7, 11) is 0. The number of carbonyl (C=O) groups excluding carboxylic acids is 2. The van der Waals surface area contributed by atoms with Gasteiger partial charge >= 0.3 is 0 Å². The Hall–Kier alpha value is -2.33. The summed E-state index contributed by atoms with van der Waals surface area (Å²) in [5, 5.41) is 23.0. The van der Waals surface area contributed by atoms with Crippen molar-refractivity contribution in [1.82, 2.24) is 9.97 Å². The molecule has 0 radical (unpaired) electrons. The Morgan fingerprint density at radius 2 is 2.10 bits per heavy atom. The predicted molar refractivity (Wildman–Crippen MR) is 146 cm³/mol. The number of Topliss-reactive ketones (excluding diaryl/α,β-unsaturated/α-hetero) is 1. The van der Waals surface area contributed by atoms with Gasteiger partial charge in [0.05, 0.1) is 11.9 Å². The molecule has 39 heavy (non-hydrogen) atoms. The first-order chi connectivity index (χ1) is 18.4. The van der Waals surface area contributed by atoms with E-state index >= 15 is 0 Å². The molecule has 3 fully saturated rings. The van der Waals surface area contributed by atoms with Crippen LogP contribution in [-0.4, -0.2) is 55.0 Å². The van der Waals surface area contributed by atoms with Crippen molar-refractivity contribution in [2.75, 3.05) is 5.75 Å².